The maximum Gasteiger partial charge on any atom is 0.124 e. The summed E-state index contributed by atoms with van der Waals surface area (Å²) in [6.07, 6.45) is 1.84. The number of H-pyrrole nitrogens is 1. The molecule has 2 N–H and O–H groups in total. The molecule has 0 aliphatic carbocycles. The van der Waals surface area contributed by atoms with Crippen LogP contribution >= 0.6 is 11.3 Å². The highest BCUT2D eigenvalue weighted by Crippen LogP contribution is 2.34. The van der Waals surface area contributed by atoms with Gasteiger partial charge >= 0.3 is 0 Å². The number of nitrogens with zero attached hydrogens (tertiary/aromatic N) is 1. The maximum atomic E-state index is 10.5. The molecule has 4 heteroatoms. The number of rotatable bonds is 2. The van der Waals surface area contributed by atoms with Gasteiger partial charge in [0.1, 0.15) is 5.60 Å². The Morgan fingerprint density at radius 1 is 1.47 bits per heavy atom. The van der Waals surface area contributed by atoms with Crippen LogP contribution in [0.4, 0.5) is 0 Å². The van der Waals surface area contributed by atoms with E-state index in [0.717, 1.165) is 21.8 Å². The highest BCUT2D eigenvalue weighted by atomic mass is 32.1. The number of thiazole rings is 1. The number of hydrogen-bond donors (Lipinski definition) is 2. The van der Waals surface area contributed by atoms with E-state index in [1.807, 2.05) is 33.0 Å². The van der Waals surface area contributed by atoms with Crippen LogP contribution in [0.25, 0.3) is 0 Å². The van der Waals surface area contributed by atoms with Gasteiger partial charge in [0.2, 0.25) is 0 Å². The van der Waals surface area contributed by atoms with E-state index >= 15 is 0 Å². The summed E-state index contributed by atoms with van der Waals surface area (Å²) in [5, 5.41) is 10.5. The molecule has 0 saturated heterocycles. The molecule has 2 rings (SSSR count). The number of aliphatic hydroxyl groups is 1. The lowest BCUT2D eigenvalue weighted by molar-refractivity contribution is 0.105. The predicted octanol–water partition coefficient (Wildman–Crippen LogP) is 2.34. The molecular weight excluding hydrogens is 208 g/mol. The Labute approximate surface area is 92.8 Å². The van der Waals surface area contributed by atoms with Gasteiger partial charge in [-0.3, -0.25) is 0 Å². The molecule has 2 heterocycles. The Balaban J connectivity index is 2.53. The van der Waals surface area contributed by atoms with Crippen molar-refractivity contribution in [1.82, 2.24) is 9.97 Å². The number of aromatic amines is 1. The van der Waals surface area contributed by atoms with Crippen molar-refractivity contribution in [3.63, 3.8) is 0 Å². The van der Waals surface area contributed by atoms with E-state index in [9.17, 15) is 5.11 Å². The van der Waals surface area contributed by atoms with Gasteiger partial charge in [0.05, 0.1) is 16.1 Å². The largest absolute Gasteiger partial charge is 0.380 e. The summed E-state index contributed by atoms with van der Waals surface area (Å²) in [5.41, 5.74) is 3.62. The first-order valence-electron chi connectivity index (χ1n) is 4.81. The van der Waals surface area contributed by atoms with E-state index in [0.29, 0.717) is 0 Å². The van der Waals surface area contributed by atoms with E-state index in [2.05, 4.69) is 9.97 Å². The van der Waals surface area contributed by atoms with Crippen molar-refractivity contribution < 1.29 is 5.11 Å². The normalized spacial score (nSPS) is 15.2. The average molecular weight is 222 g/mol. The molecule has 0 aliphatic rings. The number of aromatic nitrogens is 2. The monoisotopic (exact) mass is 222 g/mol. The van der Waals surface area contributed by atoms with Crippen LogP contribution in [0.1, 0.15) is 28.8 Å². The van der Waals surface area contributed by atoms with E-state index in [1.165, 1.54) is 11.3 Å². The van der Waals surface area contributed by atoms with Crippen molar-refractivity contribution in [3.05, 3.63) is 39.6 Å². The van der Waals surface area contributed by atoms with Crippen LogP contribution in [0, 0.1) is 13.8 Å². The third kappa shape index (κ3) is 1.60. The fourth-order valence-corrected chi connectivity index (χ4v) is 2.75. The second kappa shape index (κ2) is 3.47. The summed E-state index contributed by atoms with van der Waals surface area (Å²) in [7, 11) is 0. The molecule has 1 unspecified atom stereocenters. The standard InChI is InChI=1S/C11H14N2OS/c1-7-9(4-5-12-7)11(3,14)10-8(2)13-6-15-10/h4-6,12,14H,1-3H3. The van der Waals surface area contributed by atoms with Gasteiger partial charge in [0.25, 0.3) is 0 Å². The lowest BCUT2D eigenvalue weighted by Gasteiger charge is -2.22. The highest BCUT2D eigenvalue weighted by Gasteiger charge is 2.31. The van der Waals surface area contributed by atoms with Gasteiger partial charge in [-0.2, -0.15) is 0 Å². The Hall–Kier alpha value is -1.13. The third-order valence-electron chi connectivity index (χ3n) is 2.67. The Morgan fingerprint density at radius 2 is 2.20 bits per heavy atom. The molecular formula is C11H14N2OS. The lowest BCUT2D eigenvalue weighted by Crippen LogP contribution is -2.22. The van der Waals surface area contributed by atoms with Crippen molar-refractivity contribution in [1.29, 1.82) is 0 Å². The minimum absolute atomic E-state index is 0.894. The van der Waals surface area contributed by atoms with Crippen LogP contribution in [0.3, 0.4) is 0 Å². The quantitative estimate of drug-likeness (QED) is 0.819. The molecule has 80 valence electrons. The Morgan fingerprint density at radius 3 is 2.67 bits per heavy atom. The van der Waals surface area contributed by atoms with Crippen LogP contribution in [0.2, 0.25) is 0 Å². The molecule has 0 amide bonds. The summed E-state index contributed by atoms with van der Waals surface area (Å²) in [5.74, 6) is 0. The predicted molar refractivity (Wildman–Crippen MR) is 61.1 cm³/mol. The van der Waals surface area contributed by atoms with Crippen LogP contribution in [0.5, 0.6) is 0 Å². The molecule has 0 saturated carbocycles. The Bertz CT molecular complexity index is 428. The zero-order chi connectivity index (χ0) is 11.1. The first kappa shape index (κ1) is 10.4. The topological polar surface area (TPSA) is 48.9 Å². The summed E-state index contributed by atoms with van der Waals surface area (Å²) in [6.45, 7) is 5.69. The van der Waals surface area contributed by atoms with Crippen molar-refractivity contribution in [2.45, 2.75) is 26.4 Å². The number of nitrogens with one attached hydrogen (secondary N) is 1. The van der Waals surface area contributed by atoms with Gasteiger partial charge in [-0.25, -0.2) is 4.98 Å². The molecule has 2 aromatic rings. The van der Waals surface area contributed by atoms with Crippen molar-refractivity contribution in [2.24, 2.45) is 0 Å². The highest BCUT2D eigenvalue weighted by molar-refractivity contribution is 7.09. The fourth-order valence-electron chi connectivity index (χ4n) is 1.87. The molecule has 1 atom stereocenters. The summed E-state index contributed by atoms with van der Waals surface area (Å²) >= 11 is 1.49. The molecule has 0 bridgehead atoms. The Kier molecular flexibility index (Phi) is 2.40. The van der Waals surface area contributed by atoms with Gasteiger partial charge in [-0.15, -0.1) is 11.3 Å². The fraction of sp³-hybridized carbons (Fsp3) is 0.364. The number of aryl methyl sites for hydroxylation is 2. The van der Waals surface area contributed by atoms with Gasteiger partial charge in [0, 0.05) is 17.5 Å². The van der Waals surface area contributed by atoms with E-state index in [4.69, 9.17) is 0 Å². The first-order valence-corrected chi connectivity index (χ1v) is 5.69. The molecule has 2 aromatic heterocycles. The zero-order valence-corrected chi connectivity index (χ0v) is 9.85. The first-order chi connectivity index (χ1) is 7.03. The van der Waals surface area contributed by atoms with Crippen LogP contribution < -0.4 is 0 Å². The molecule has 0 spiro atoms. The SMILES string of the molecule is Cc1ncsc1C(C)(O)c1cc[nH]c1C. The molecule has 15 heavy (non-hydrogen) atoms. The molecule has 0 fully saturated rings. The summed E-state index contributed by atoms with van der Waals surface area (Å²) in [4.78, 5) is 8.16. The second-order valence-corrected chi connectivity index (χ2v) is 4.71. The van der Waals surface area contributed by atoms with Gasteiger partial charge in [-0.1, -0.05) is 0 Å². The molecule has 0 aromatic carbocycles. The second-order valence-electron chi connectivity index (χ2n) is 3.86. The minimum Gasteiger partial charge on any atom is -0.380 e. The number of hydrogen-bond acceptors (Lipinski definition) is 3. The van der Waals surface area contributed by atoms with Gasteiger partial charge in [-0.05, 0) is 26.8 Å². The minimum atomic E-state index is -0.949. The van der Waals surface area contributed by atoms with E-state index < -0.39 is 5.60 Å². The van der Waals surface area contributed by atoms with Crippen LogP contribution in [0.15, 0.2) is 17.8 Å². The average Bonchev–Trinajstić information content (AvgIpc) is 2.73. The van der Waals surface area contributed by atoms with Crippen molar-refractivity contribution >= 4 is 11.3 Å². The zero-order valence-electron chi connectivity index (χ0n) is 9.03. The third-order valence-corrected chi connectivity index (χ3v) is 3.81. The van der Waals surface area contributed by atoms with E-state index in [1.54, 1.807) is 5.51 Å². The van der Waals surface area contributed by atoms with E-state index in [-0.39, 0.29) is 0 Å². The van der Waals surface area contributed by atoms with Gasteiger partial charge in [0.15, 0.2) is 0 Å². The smallest absolute Gasteiger partial charge is 0.124 e. The lowest BCUT2D eigenvalue weighted by atomic mass is 9.94. The molecule has 0 aliphatic heterocycles. The van der Waals surface area contributed by atoms with Crippen LogP contribution in [-0.2, 0) is 5.60 Å². The van der Waals surface area contributed by atoms with Crippen molar-refractivity contribution in [2.75, 3.05) is 0 Å². The van der Waals surface area contributed by atoms with Crippen molar-refractivity contribution in [3.8, 4) is 0 Å². The van der Waals surface area contributed by atoms with Crippen LogP contribution in [-0.4, -0.2) is 15.1 Å². The summed E-state index contributed by atoms with van der Waals surface area (Å²) in [6, 6.07) is 1.91. The molecule has 0 radical (unpaired) electrons. The maximum absolute atomic E-state index is 10.5. The summed E-state index contributed by atoms with van der Waals surface area (Å²) < 4.78 is 0. The molecule has 3 nitrogen and oxygen atoms in total. The van der Waals surface area contributed by atoms with Gasteiger partial charge < -0.3 is 10.1 Å².